The summed E-state index contributed by atoms with van der Waals surface area (Å²) in [6, 6.07) is 16.7. The van der Waals surface area contributed by atoms with Crippen molar-refractivity contribution in [3.63, 3.8) is 0 Å². The van der Waals surface area contributed by atoms with Crippen LogP contribution in [0, 0.1) is 0 Å². The monoisotopic (exact) mass is 335 g/mol. The van der Waals surface area contributed by atoms with Gasteiger partial charge in [-0.15, -0.1) is 0 Å². The van der Waals surface area contributed by atoms with Gasteiger partial charge in [0.2, 0.25) is 5.88 Å². The first-order valence-corrected chi connectivity index (χ1v) is 8.65. The molecule has 1 heterocycles. The summed E-state index contributed by atoms with van der Waals surface area (Å²) in [6.07, 6.45) is 0. The zero-order chi connectivity index (χ0) is 18.0. The van der Waals surface area contributed by atoms with E-state index in [-0.39, 0.29) is 5.41 Å². The Morgan fingerprint density at radius 1 is 0.960 bits per heavy atom. The highest BCUT2D eigenvalue weighted by Crippen LogP contribution is 2.32. The summed E-state index contributed by atoms with van der Waals surface area (Å²) < 4.78 is 11.1. The topological polar surface area (TPSA) is 31.4 Å². The summed E-state index contributed by atoms with van der Waals surface area (Å²) in [4.78, 5) is 4.75. The van der Waals surface area contributed by atoms with E-state index in [0.717, 1.165) is 27.8 Å². The van der Waals surface area contributed by atoms with E-state index in [4.69, 9.17) is 14.5 Å². The summed E-state index contributed by atoms with van der Waals surface area (Å²) in [5, 5.41) is 2.06. The maximum atomic E-state index is 5.78. The van der Waals surface area contributed by atoms with Crippen LogP contribution in [0.4, 0.5) is 0 Å². The minimum atomic E-state index is 0.138. The smallest absolute Gasteiger partial charge is 0.221 e. The van der Waals surface area contributed by atoms with Crippen molar-refractivity contribution >= 4 is 10.8 Å². The van der Waals surface area contributed by atoms with Gasteiger partial charge in [0.1, 0.15) is 5.75 Å². The molecule has 0 bridgehead atoms. The second-order valence-corrected chi connectivity index (χ2v) is 7.16. The number of benzene rings is 2. The fraction of sp³-hybridized carbons (Fsp3) is 0.318. The molecule has 0 saturated carbocycles. The van der Waals surface area contributed by atoms with Crippen LogP contribution < -0.4 is 9.47 Å². The Kier molecular flexibility index (Phi) is 4.67. The number of hydrogen-bond donors (Lipinski definition) is 0. The van der Waals surface area contributed by atoms with Crippen LogP contribution in [0.1, 0.15) is 33.3 Å². The molecule has 1 aromatic heterocycles. The van der Waals surface area contributed by atoms with Crippen molar-refractivity contribution in [3.8, 4) is 22.9 Å². The maximum Gasteiger partial charge on any atom is 0.221 e. The third-order valence-corrected chi connectivity index (χ3v) is 4.33. The molecule has 3 rings (SSSR count). The third kappa shape index (κ3) is 3.60. The van der Waals surface area contributed by atoms with Crippen molar-refractivity contribution in [2.45, 2.75) is 33.1 Å². The molecule has 0 saturated heterocycles. The molecule has 3 aromatic rings. The molecule has 0 unspecified atom stereocenters. The van der Waals surface area contributed by atoms with Gasteiger partial charge in [0.15, 0.2) is 0 Å². The van der Waals surface area contributed by atoms with Gasteiger partial charge in [0.25, 0.3) is 0 Å². The molecule has 0 aliphatic heterocycles. The van der Waals surface area contributed by atoms with Crippen molar-refractivity contribution in [2.24, 2.45) is 0 Å². The Bertz CT molecular complexity index is 877. The molecule has 2 aromatic carbocycles. The zero-order valence-electron chi connectivity index (χ0n) is 15.6. The fourth-order valence-corrected chi connectivity index (χ4v) is 2.87. The molecule has 0 fully saturated rings. The number of hydrogen-bond acceptors (Lipinski definition) is 3. The minimum Gasteiger partial charge on any atom is -0.497 e. The summed E-state index contributed by atoms with van der Waals surface area (Å²) in [7, 11) is 1.68. The maximum absolute atomic E-state index is 5.78. The van der Waals surface area contributed by atoms with E-state index in [1.807, 2.05) is 25.1 Å². The molecule has 0 amide bonds. The highest BCUT2D eigenvalue weighted by atomic mass is 16.5. The molecule has 0 atom stereocenters. The van der Waals surface area contributed by atoms with Crippen molar-refractivity contribution in [3.05, 3.63) is 54.1 Å². The van der Waals surface area contributed by atoms with Gasteiger partial charge in [-0.05, 0) is 47.6 Å². The van der Waals surface area contributed by atoms with Crippen LogP contribution in [0.5, 0.6) is 11.6 Å². The van der Waals surface area contributed by atoms with Gasteiger partial charge >= 0.3 is 0 Å². The highest BCUT2D eigenvalue weighted by molar-refractivity contribution is 5.91. The van der Waals surface area contributed by atoms with E-state index in [0.29, 0.717) is 12.5 Å². The van der Waals surface area contributed by atoms with Crippen LogP contribution in [-0.2, 0) is 5.41 Å². The summed E-state index contributed by atoms with van der Waals surface area (Å²) in [5.41, 5.74) is 3.44. The molecule has 25 heavy (non-hydrogen) atoms. The Morgan fingerprint density at radius 2 is 1.68 bits per heavy atom. The Balaban J connectivity index is 2.11. The Morgan fingerprint density at radius 3 is 2.28 bits per heavy atom. The van der Waals surface area contributed by atoms with E-state index in [2.05, 4.69) is 51.1 Å². The van der Waals surface area contributed by atoms with E-state index < -0.39 is 0 Å². The first kappa shape index (κ1) is 17.3. The predicted octanol–water partition coefficient (Wildman–Crippen LogP) is 5.61. The van der Waals surface area contributed by atoms with Crippen molar-refractivity contribution < 1.29 is 9.47 Å². The zero-order valence-corrected chi connectivity index (χ0v) is 15.6. The van der Waals surface area contributed by atoms with Gasteiger partial charge in [-0.3, -0.25) is 0 Å². The first-order valence-electron chi connectivity index (χ1n) is 8.65. The average molecular weight is 335 g/mol. The van der Waals surface area contributed by atoms with Crippen LogP contribution in [0.3, 0.4) is 0 Å². The lowest BCUT2D eigenvalue weighted by molar-refractivity contribution is 0.331. The van der Waals surface area contributed by atoms with Crippen molar-refractivity contribution in [1.29, 1.82) is 0 Å². The SMILES string of the molecule is CCOc1nc(-c2ccc(C(C)(C)C)cc2)cc2cc(OC)ccc12. The van der Waals surface area contributed by atoms with Crippen molar-refractivity contribution in [2.75, 3.05) is 13.7 Å². The fourth-order valence-electron chi connectivity index (χ4n) is 2.87. The largest absolute Gasteiger partial charge is 0.497 e. The molecule has 3 nitrogen and oxygen atoms in total. The van der Waals surface area contributed by atoms with Gasteiger partial charge in [-0.25, -0.2) is 4.98 Å². The lowest BCUT2D eigenvalue weighted by Gasteiger charge is -2.19. The number of ether oxygens (including phenoxy) is 2. The van der Waals surface area contributed by atoms with Crippen LogP contribution >= 0.6 is 0 Å². The Labute approximate surface area is 149 Å². The quantitative estimate of drug-likeness (QED) is 0.621. The normalized spacial score (nSPS) is 11.6. The molecule has 130 valence electrons. The summed E-state index contributed by atoms with van der Waals surface area (Å²) in [5.74, 6) is 1.49. The van der Waals surface area contributed by atoms with Gasteiger partial charge in [-0.2, -0.15) is 0 Å². The van der Waals surface area contributed by atoms with Crippen LogP contribution in [-0.4, -0.2) is 18.7 Å². The number of rotatable bonds is 4. The van der Waals surface area contributed by atoms with Crippen LogP contribution in [0.15, 0.2) is 48.5 Å². The lowest BCUT2D eigenvalue weighted by atomic mass is 9.86. The van der Waals surface area contributed by atoms with E-state index in [9.17, 15) is 0 Å². The van der Waals surface area contributed by atoms with Gasteiger partial charge in [0, 0.05) is 10.9 Å². The van der Waals surface area contributed by atoms with Crippen LogP contribution in [0.2, 0.25) is 0 Å². The average Bonchev–Trinajstić information content (AvgIpc) is 2.60. The highest BCUT2D eigenvalue weighted by Gasteiger charge is 2.14. The number of pyridine rings is 1. The second kappa shape index (κ2) is 6.75. The molecule has 0 N–H and O–H groups in total. The summed E-state index contributed by atoms with van der Waals surface area (Å²) >= 11 is 0. The number of nitrogens with zero attached hydrogens (tertiary/aromatic N) is 1. The van der Waals surface area contributed by atoms with Crippen LogP contribution in [0.25, 0.3) is 22.0 Å². The van der Waals surface area contributed by atoms with Crippen molar-refractivity contribution in [1.82, 2.24) is 4.98 Å². The molecule has 0 aliphatic rings. The van der Waals surface area contributed by atoms with Gasteiger partial charge in [-0.1, -0.05) is 45.0 Å². The molecular weight excluding hydrogens is 310 g/mol. The number of methoxy groups -OCH3 is 1. The molecule has 0 spiro atoms. The first-order chi connectivity index (χ1) is 11.9. The van der Waals surface area contributed by atoms with Gasteiger partial charge < -0.3 is 9.47 Å². The number of fused-ring (bicyclic) bond motifs is 1. The standard InChI is InChI=1S/C22H25NO2/c1-6-25-21-19-12-11-18(24-5)13-16(19)14-20(23-21)15-7-9-17(10-8-15)22(2,3)4/h7-14H,6H2,1-5H3. The minimum absolute atomic E-state index is 0.138. The van der Waals surface area contributed by atoms with E-state index in [1.54, 1.807) is 7.11 Å². The predicted molar refractivity (Wildman–Crippen MR) is 104 cm³/mol. The molecule has 0 radical (unpaired) electrons. The lowest BCUT2D eigenvalue weighted by Crippen LogP contribution is -2.10. The summed E-state index contributed by atoms with van der Waals surface area (Å²) in [6.45, 7) is 9.21. The molecular formula is C22H25NO2. The van der Waals surface area contributed by atoms with E-state index in [1.165, 1.54) is 5.56 Å². The third-order valence-electron chi connectivity index (χ3n) is 4.33. The second-order valence-electron chi connectivity index (χ2n) is 7.16. The molecule has 0 aliphatic carbocycles. The number of aromatic nitrogens is 1. The molecule has 3 heteroatoms. The van der Waals surface area contributed by atoms with E-state index >= 15 is 0 Å². The Hall–Kier alpha value is -2.55. The van der Waals surface area contributed by atoms with Gasteiger partial charge in [0.05, 0.1) is 19.4 Å².